The maximum Gasteiger partial charge on any atom is 0.0971 e. The first-order valence-electron chi connectivity index (χ1n) is 6.77. The summed E-state index contributed by atoms with van der Waals surface area (Å²) in [6.45, 7) is 6.11. The van der Waals surface area contributed by atoms with E-state index in [4.69, 9.17) is 9.47 Å². The van der Waals surface area contributed by atoms with Crippen LogP contribution in [0.2, 0.25) is 0 Å². The van der Waals surface area contributed by atoms with Crippen molar-refractivity contribution in [3.8, 4) is 0 Å². The largest absolute Gasteiger partial charge is 0.377 e. The zero-order valence-electron chi connectivity index (χ0n) is 12.0. The molecule has 19 heavy (non-hydrogen) atoms. The van der Waals surface area contributed by atoms with Crippen LogP contribution in [0.3, 0.4) is 0 Å². The summed E-state index contributed by atoms with van der Waals surface area (Å²) < 4.78 is 10.9. The summed E-state index contributed by atoms with van der Waals surface area (Å²) in [7, 11) is 3.53. The molecule has 1 N–H and O–H groups in total. The number of likely N-dealkylation sites (tertiary alicyclic amines) is 1. The zero-order valence-corrected chi connectivity index (χ0v) is 12.8. The van der Waals surface area contributed by atoms with Gasteiger partial charge in [0.05, 0.1) is 12.2 Å². The number of hydrogen-bond acceptors (Lipinski definition) is 5. The molecule has 0 radical (unpaired) electrons. The van der Waals surface area contributed by atoms with Gasteiger partial charge < -0.3 is 14.8 Å². The first-order chi connectivity index (χ1) is 9.24. The third-order valence-electron chi connectivity index (χ3n) is 3.79. The van der Waals surface area contributed by atoms with Gasteiger partial charge in [-0.1, -0.05) is 6.07 Å². The van der Waals surface area contributed by atoms with Crippen molar-refractivity contribution in [2.45, 2.75) is 31.7 Å². The molecule has 0 spiro atoms. The first-order valence-corrected chi connectivity index (χ1v) is 7.65. The van der Waals surface area contributed by atoms with Crippen LogP contribution >= 0.6 is 11.3 Å². The summed E-state index contributed by atoms with van der Waals surface area (Å²) in [5.41, 5.74) is 0. The van der Waals surface area contributed by atoms with Crippen molar-refractivity contribution in [3.05, 3.63) is 22.4 Å². The summed E-state index contributed by atoms with van der Waals surface area (Å²) in [6.07, 6.45) is 0.398. The lowest BCUT2D eigenvalue weighted by molar-refractivity contribution is -0.00461. The lowest BCUT2D eigenvalue weighted by atomic mass is 10.3. The van der Waals surface area contributed by atoms with E-state index in [2.05, 4.69) is 34.7 Å². The second-order valence-corrected chi connectivity index (χ2v) is 6.09. The predicted octanol–water partition coefficient (Wildman–Crippen LogP) is 1.57. The molecular weight excluding hydrogens is 260 g/mol. The van der Waals surface area contributed by atoms with E-state index in [0.717, 1.165) is 26.2 Å². The highest BCUT2D eigenvalue weighted by Gasteiger charge is 2.34. The molecular formula is C14H24N2O2S. The Morgan fingerprint density at radius 1 is 1.37 bits per heavy atom. The average molecular weight is 284 g/mol. The van der Waals surface area contributed by atoms with Gasteiger partial charge in [-0.3, -0.25) is 4.90 Å². The van der Waals surface area contributed by atoms with Gasteiger partial charge >= 0.3 is 0 Å². The molecule has 0 amide bonds. The van der Waals surface area contributed by atoms with E-state index < -0.39 is 0 Å². The summed E-state index contributed by atoms with van der Waals surface area (Å²) in [6, 6.07) is 4.76. The van der Waals surface area contributed by atoms with Crippen molar-refractivity contribution >= 4 is 11.3 Å². The quantitative estimate of drug-likeness (QED) is 0.824. The number of rotatable bonds is 7. The van der Waals surface area contributed by atoms with Gasteiger partial charge in [0.2, 0.25) is 0 Å². The maximum atomic E-state index is 5.47. The number of nitrogens with one attached hydrogen (secondary N) is 1. The summed E-state index contributed by atoms with van der Waals surface area (Å²) in [5.74, 6) is 0. The van der Waals surface area contributed by atoms with Crippen molar-refractivity contribution < 1.29 is 9.47 Å². The van der Waals surface area contributed by atoms with Crippen molar-refractivity contribution in [2.75, 3.05) is 33.9 Å². The molecule has 0 aromatic carbocycles. The highest BCUT2D eigenvalue weighted by molar-refractivity contribution is 7.09. The number of thiophene rings is 1. The Morgan fingerprint density at radius 2 is 2.05 bits per heavy atom. The normalized spacial score (nSPS) is 25.8. The molecule has 0 aliphatic carbocycles. The van der Waals surface area contributed by atoms with Crippen LogP contribution < -0.4 is 5.32 Å². The number of methoxy groups -OCH3 is 2. The molecule has 1 aliphatic rings. The highest BCUT2D eigenvalue weighted by Crippen LogP contribution is 2.18. The van der Waals surface area contributed by atoms with Crippen LogP contribution in [0.5, 0.6) is 0 Å². The third-order valence-corrected chi connectivity index (χ3v) is 4.67. The molecule has 1 saturated heterocycles. The van der Waals surface area contributed by atoms with Crippen LogP contribution in [0, 0.1) is 0 Å². The second-order valence-electron chi connectivity index (χ2n) is 5.06. The number of hydrogen-bond donors (Lipinski definition) is 1. The van der Waals surface area contributed by atoms with E-state index in [-0.39, 0.29) is 12.2 Å². The van der Waals surface area contributed by atoms with Gasteiger partial charge in [-0.15, -0.1) is 11.3 Å². The standard InChI is InChI=1S/C14H24N2O2S/c1-11(7-15-8-12-5-4-6-19-12)16-9-13(17-2)14(10-16)18-3/h4-6,11,13-15H,7-10H2,1-3H3. The van der Waals surface area contributed by atoms with Gasteiger partial charge in [0, 0.05) is 51.3 Å². The Bertz CT molecular complexity index is 346. The van der Waals surface area contributed by atoms with Crippen molar-refractivity contribution in [3.63, 3.8) is 0 Å². The minimum atomic E-state index is 0.199. The molecule has 1 aliphatic heterocycles. The molecule has 108 valence electrons. The van der Waals surface area contributed by atoms with Crippen LogP contribution in [0.15, 0.2) is 17.5 Å². The number of ether oxygens (including phenoxy) is 2. The Hall–Kier alpha value is -0.460. The molecule has 5 heteroatoms. The highest BCUT2D eigenvalue weighted by atomic mass is 32.1. The van der Waals surface area contributed by atoms with Gasteiger partial charge in [-0.2, -0.15) is 0 Å². The van der Waals surface area contributed by atoms with E-state index in [1.165, 1.54) is 4.88 Å². The number of nitrogens with zero attached hydrogens (tertiary/aromatic N) is 1. The van der Waals surface area contributed by atoms with Crippen LogP contribution in [0.25, 0.3) is 0 Å². The van der Waals surface area contributed by atoms with Crippen molar-refractivity contribution in [1.82, 2.24) is 10.2 Å². The minimum absolute atomic E-state index is 0.199. The fraction of sp³-hybridized carbons (Fsp3) is 0.714. The topological polar surface area (TPSA) is 33.7 Å². The molecule has 4 nitrogen and oxygen atoms in total. The molecule has 2 heterocycles. The fourth-order valence-electron chi connectivity index (χ4n) is 2.53. The Kier molecular flexibility index (Phi) is 5.78. The molecule has 0 bridgehead atoms. The molecule has 1 fully saturated rings. The van der Waals surface area contributed by atoms with E-state index >= 15 is 0 Å². The lowest BCUT2D eigenvalue weighted by Gasteiger charge is -2.24. The van der Waals surface area contributed by atoms with Gasteiger partial charge in [0.15, 0.2) is 0 Å². The van der Waals surface area contributed by atoms with Gasteiger partial charge in [0.25, 0.3) is 0 Å². The smallest absolute Gasteiger partial charge is 0.0971 e. The summed E-state index contributed by atoms with van der Waals surface area (Å²) in [5, 5.41) is 5.64. The van der Waals surface area contributed by atoms with E-state index in [1.807, 2.05) is 0 Å². The minimum Gasteiger partial charge on any atom is -0.377 e. The van der Waals surface area contributed by atoms with E-state index in [9.17, 15) is 0 Å². The van der Waals surface area contributed by atoms with E-state index in [1.54, 1.807) is 25.6 Å². The molecule has 3 atom stereocenters. The molecule has 1 aromatic heterocycles. The fourth-order valence-corrected chi connectivity index (χ4v) is 3.21. The Morgan fingerprint density at radius 3 is 2.58 bits per heavy atom. The van der Waals surface area contributed by atoms with Crippen LogP contribution in [-0.2, 0) is 16.0 Å². The lowest BCUT2D eigenvalue weighted by Crippen LogP contribution is -2.39. The van der Waals surface area contributed by atoms with Crippen LogP contribution in [0.4, 0.5) is 0 Å². The van der Waals surface area contributed by atoms with E-state index in [0.29, 0.717) is 6.04 Å². The monoisotopic (exact) mass is 284 g/mol. The summed E-state index contributed by atoms with van der Waals surface area (Å²) >= 11 is 1.80. The van der Waals surface area contributed by atoms with Crippen LogP contribution in [-0.4, -0.2) is 57.0 Å². The third kappa shape index (κ3) is 4.00. The van der Waals surface area contributed by atoms with Crippen LogP contribution in [0.1, 0.15) is 11.8 Å². The Labute approximate surface area is 119 Å². The maximum absolute atomic E-state index is 5.47. The summed E-state index contributed by atoms with van der Waals surface area (Å²) in [4.78, 5) is 3.82. The van der Waals surface area contributed by atoms with Gasteiger partial charge in [0.1, 0.15) is 0 Å². The molecule has 2 rings (SSSR count). The Balaban J connectivity index is 1.73. The predicted molar refractivity (Wildman–Crippen MR) is 78.7 cm³/mol. The first kappa shape index (κ1) is 14.9. The van der Waals surface area contributed by atoms with Gasteiger partial charge in [-0.25, -0.2) is 0 Å². The van der Waals surface area contributed by atoms with Gasteiger partial charge in [-0.05, 0) is 18.4 Å². The molecule has 1 aromatic rings. The van der Waals surface area contributed by atoms with Crippen molar-refractivity contribution in [2.24, 2.45) is 0 Å². The molecule has 3 unspecified atom stereocenters. The second kappa shape index (κ2) is 7.36. The van der Waals surface area contributed by atoms with Crippen molar-refractivity contribution in [1.29, 1.82) is 0 Å². The zero-order chi connectivity index (χ0) is 13.7. The average Bonchev–Trinajstić information content (AvgIpc) is 3.07. The molecule has 0 saturated carbocycles. The SMILES string of the molecule is COC1CN(C(C)CNCc2cccs2)CC1OC.